The normalized spacial score (nSPS) is 27.6. The number of hydrogen-bond acceptors (Lipinski definition) is 2. The number of piperazine rings is 1. The van der Waals surface area contributed by atoms with Crippen LogP contribution in [0.5, 0.6) is 0 Å². The summed E-state index contributed by atoms with van der Waals surface area (Å²) >= 11 is 0. The second kappa shape index (κ2) is 6.65. The highest BCUT2D eigenvalue weighted by Crippen LogP contribution is 2.30. The number of nitrogens with one attached hydrogen (secondary N) is 1. The molecule has 2 nitrogen and oxygen atoms in total. The Morgan fingerprint density at radius 2 is 1.85 bits per heavy atom. The van der Waals surface area contributed by atoms with Crippen LogP contribution < -0.4 is 5.32 Å². The van der Waals surface area contributed by atoms with E-state index in [0.29, 0.717) is 18.5 Å². The van der Waals surface area contributed by atoms with Crippen LogP contribution in [0.3, 0.4) is 0 Å². The maximum Gasteiger partial charge on any atom is 0.390 e. The van der Waals surface area contributed by atoms with E-state index < -0.39 is 12.6 Å². The molecule has 1 aliphatic heterocycles. The molecule has 0 bridgehead atoms. The van der Waals surface area contributed by atoms with E-state index in [1.807, 2.05) is 4.90 Å². The van der Waals surface area contributed by atoms with Gasteiger partial charge in [-0.3, -0.25) is 4.90 Å². The topological polar surface area (TPSA) is 15.3 Å². The third kappa shape index (κ3) is 5.24. The summed E-state index contributed by atoms with van der Waals surface area (Å²) in [6.45, 7) is 12.2. The van der Waals surface area contributed by atoms with E-state index in [1.165, 1.54) is 0 Å². The van der Waals surface area contributed by atoms with Crippen LogP contribution in [0.25, 0.3) is 0 Å². The highest BCUT2D eigenvalue weighted by atomic mass is 19.4. The lowest BCUT2D eigenvalue weighted by Crippen LogP contribution is -2.62. The first kappa shape index (κ1) is 17.8. The molecule has 20 heavy (non-hydrogen) atoms. The Hall–Kier alpha value is -0.290. The van der Waals surface area contributed by atoms with Gasteiger partial charge in [-0.1, -0.05) is 41.0 Å². The van der Waals surface area contributed by atoms with Crippen molar-refractivity contribution in [2.75, 3.05) is 19.6 Å². The summed E-state index contributed by atoms with van der Waals surface area (Å²) in [6, 6.07) is 0.456. The Morgan fingerprint density at radius 3 is 2.30 bits per heavy atom. The molecule has 3 atom stereocenters. The van der Waals surface area contributed by atoms with Crippen molar-refractivity contribution in [3.8, 4) is 0 Å². The lowest BCUT2D eigenvalue weighted by atomic mass is 9.82. The number of rotatable bonds is 4. The molecule has 0 aliphatic carbocycles. The van der Waals surface area contributed by atoms with Gasteiger partial charge in [0.1, 0.15) is 0 Å². The first-order chi connectivity index (χ1) is 9.04. The van der Waals surface area contributed by atoms with Crippen LogP contribution in [0.1, 0.15) is 47.5 Å². The van der Waals surface area contributed by atoms with Gasteiger partial charge in [0, 0.05) is 31.7 Å². The van der Waals surface area contributed by atoms with E-state index in [1.54, 1.807) is 0 Å². The van der Waals surface area contributed by atoms with Gasteiger partial charge in [-0.15, -0.1) is 0 Å². The van der Waals surface area contributed by atoms with E-state index in [9.17, 15) is 13.2 Å². The number of hydrogen-bond donors (Lipinski definition) is 1. The fourth-order valence-electron chi connectivity index (χ4n) is 2.87. The Bertz CT molecular complexity index is 296. The van der Waals surface area contributed by atoms with Crippen molar-refractivity contribution in [2.24, 2.45) is 11.3 Å². The predicted molar refractivity (Wildman–Crippen MR) is 76.7 cm³/mol. The molecule has 0 radical (unpaired) electrons. The summed E-state index contributed by atoms with van der Waals surface area (Å²) in [5.41, 5.74) is -0.0149. The summed E-state index contributed by atoms with van der Waals surface area (Å²) in [6.07, 6.45) is -3.74. The predicted octanol–water partition coefficient (Wildman–Crippen LogP) is 3.67. The zero-order valence-electron chi connectivity index (χ0n) is 13.3. The van der Waals surface area contributed by atoms with Crippen LogP contribution in [0.4, 0.5) is 13.2 Å². The zero-order chi connectivity index (χ0) is 15.6. The highest BCUT2D eigenvalue weighted by molar-refractivity contribution is 4.93. The lowest BCUT2D eigenvalue weighted by Gasteiger charge is -2.47. The molecule has 0 aromatic carbocycles. The molecule has 1 N–H and O–H groups in total. The molecule has 0 aromatic rings. The van der Waals surface area contributed by atoms with Crippen LogP contribution in [-0.4, -0.2) is 42.8 Å². The second-order valence-electron chi connectivity index (χ2n) is 7.14. The first-order valence-electron chi connectivity index (χ1n) is 7.58. The third-order valence-electron chi connectivity index (χ3n) is 4.46. The number of alkyl halides is 3. The van der Waals surface area contributed by atoms with Gasteiger partial charge >= 0.3 is 6.18 Å². The Balaban J connectivity index is 2.73. The van der Waals surface area contributed by atoms with Gasteiger partial charge in [-0.25, -0.2) is 0 Å². The molecule has 120 valence electrons. The average molecular weight is 294 g/mol. The molecular formula is C15H29F3N2. The molecule has 1 fully saturated rings. The molecule has 1 aliphatic rings. The summed E-state index contributed by atoms with van der Waals surface area (Å²) in [7, 11) is 0. The Labute approximate surface area is 121 Å². The fraction of sp³-hybridized carbons (Fsp3) is 1.00. The SMILES string of the molecule is CCC(C)C1CN(CCC(F)(F)F)C(C(C)(C)C)CN1. The standard InChI is InChI=1S/C15H29F3N2/c1-6-11(2)12-10-20(8-7-15(16,17)18)13(9-19-12)14(3,4)5/h11-13,19H,6-10H2,1-5H3. The molecule has 3 unspecified atom stereocenters. The van der Waals surface area contributed by atoms with Gasteiger partial charge < -0.3 is 5.32 Å². The van der Waals surface area contributed by atoms with Crippen LogP contribution in [-0.2, 0) is 0 Å². The Morgan fingerprint density at radius 1 is 1.25 bits per heavy atom. The summed E-state index contributed by atoms with van der Waals surface area (Å²) in [4.78, 5) is 2.04. The van der Waals surface area contributed by atoms with Crippen molar-refractivity contribution in [1.82, 2.24) is 10.2 Å². The van der Waals surface area contributed by atoms with Gasteiger partial charge in [0.2, 0.25) is 0 Å². The second-order valence-corrected chi connectivity index (χ2v) is 7.14. The lowest BCUT2D eigenvalue weighted by molar-refractivity contribution is -0.141. The summed E-state index contributed by atoms with van der Waals surface area (Å²) < 4.78 is 37.5. The number of halogens is 3. The van der Waals surface area contributed by atoms with Crippen LogP contribution in [0.15, 0.2) is 0 Å². The van der Waals surface area contributed by atoms with Crippen molar-refractivity contribution in [3.63, 3.8) is 0 Å². The fourth-order valence-corrected chi connectivity index (χ4v) is 2.87. The zero-order valence-corrected chi connectivity index (χ0v) is 13.3. The molecule has 0 saturated carbocycles. The van der Waals surface area contributed by atoms with Crippen LogP contribution in [0.2, 0.25) is 0 Å². The van der Waals surface area contributed by atoms with E-state index in [2.05, 4.69) is 39.9 Å². The van der Waals surface area contributed by atoms with Crippen LogP contribution in [0, 0.1) is 11.3 Å². The molecular weight excluding hydrogens is 265 g/mol. The molecule has 0 spiro atoms. The maximum absolute atomic E-state index is 12.5. The van der Waals surface area contributed by atoms with Crippen molar-refractivity contribution in [2.45, 2.75) is 65.7 Å². The summed E-state index contributed by atoms with van der Waals surface area (Å²) in [5, 5.41) is 3.53. The summed E-state index contributed by atoms with van der Waals surface area (Å²) in [5.74, 6) is 0.490. The van der Waals surface area contributed by atoms with Gasteiger partial charge in [0.15, 0.2) is 0 Å². The quantitative estimate of drug-likeness (QED) is 0.851. The van der Waals surface area contributed by atoms with E-state index in [-0.39, 0.29) is 18.0 Å². The minimum absolute atomic E-state index is 0.0149. The minimum Gasteiger partial charge on any atom is -0.311 e. The molecule has 1 saturated heterocycles. The van der Waals surface area contributed by atoms with Crippen LogP contribution >= 0.6 is 0 Å². The van der Waals surface area contributed by atoms with Gasteiger partial charge in [0.25, 0.3) is 0 Å². The van der Waals surface area contributed by atoms with E-state index in [0.717, 1.165) is 13.0 Å². The van der Waals surface area contributed by atoms with Crippen molar-refractivity contribution >= 4 is 0 Å². The largest absolute Gasteiger partial charge is 0.390 e. The first-order valence-corrected chi connectivity index (χ1v) is 7.58. The smallest absolute Gasteiger partial charge is 0.311 e. The van der Waals surface area contributed by atoms with Gasteiger partial charge in [0.05, 0.1) is 6.42 Å². The van der Waals surface area contributed by atoms with Crippen molar-refractivity contribution in [3.05, 3.63) is 0 Å². The molecule has 0 aromatic heterocycles. The van der Waals surface area contributed by atoms with Crippen molar-refractivity contribution in [1.29, 1.82) is 0 Å². The van der Waals surface area contributed by atoms with Gasteiger partial charge in [-0.05, 0) is 11.3 Å². The van der Waals surface area contributed by atoms with Crippen molar-refractivity contribution < 1.29 is 13.2 Å². The minimum atomic E-state index is -4.07. The highest BCUT2D eigenvalue weighted by Gasteiger charge is 2.38. The third-order valence-corrected chi connectivity index (χ3v) is 4.46. The number of nitrogens with zero attached hydrogens (tertiary/aromatic N) is 1. The molecule has 1 heterocycles. The molecule has 1 rings (SSSR count). The maximum atomic E-state index is 12.5. The van der Waals surface area contributed by atoms with E-state index >= 15 is 0 Å². The monoisotopic (exact) mass is 294 g/mol. The molecule has 0 amide bonds. The average Bonchev–Trinajstić information content (AvgIpc) is 2.33. The van der Waals surface area contributed by atoms with Gasteiger partial charge in [-0.2, -0.15) is 13.2 Å². The van der Waals surface area contributed by atoms with E-state index in [4.69, 9.17) is 0 Å². The molecule has 5 heteroatoms. The Kier molecular flexibility index (Phi) is 5.90.